The molecule has 2 atom stereocenters. The Labute approximate surface area is 150 Å². The highest BCUT2D eigenvalue weighted by Crippen LogP contribution is 2.28. The molecule has 0 radical (unpaired) electrons. The van der Waals surface area contributed by atoms with Crippen molar-refractivity contribution in [2.24, 2.45) is 11.7 Å². The number of esters is 1. The lowest BCUT2D eigenvalue weighted by molar-refractivity contribution is -0.147. The van der Waals surface area contributed by atoms with Crippen molar-refractivity contribution in [3.05, 3.63) is 0 Å². The van der Waals surface area contributed by atoms with Crippen molar-refractivity contribution in [2.45, 2.75) is 76.7 Å². The van der Waals surface area contributed by atoms with Gasteiger partial charge < -0.3 is 24.8 Å². The predicted octanol–water partition coefficient (Wildman–Crippen LogP) is 2.07. The Morgan fingerprint density at radius 3 is 2.36 bits per heavy atom. The van der Waals surface area contributed by atoms with Gasteiger partial charge in [0.25, 0.3) is 0 Å². The van der Waals surface area contributed by atoms with E-state index in [0.29, 0.717) is 13.2 Å². The van der Waals surface area contributed by atoms with E-state index in [4.69, 9.17) is 19.9 Å². The van der Waals surface area contributed by atoms with Crippen LogP contribution < -0.4 is 5.73 Å². The normalized spacial score (nSPS) is 30.2. The summed E-state index contributed by atoms with van der Waals surface area (Å²) in [5.41, 5.74) is 5.51. The summed E-state index contributed by atoms with van der Waals surface area (Å²) in [6, 6.07) is -0.0978. The van der Waals surface area contributed by atoms with Gasteiger partial charge in [-0.05, 0) is 52.9 Å². The first kappa shape index (κ1) is 20.0. The molecule has 7 nitrogen and oxygen atoms in total. The molecular weight excluding hydrogens is 324 g/mol. The van der Waals surface area contributed by atoms with Gasteiger partial charge in [-0.1, -0.05) is 0 Å². The van der Waals surface area contributed by atoms with E-state index < -0.39 is 5.60 Å². The Kier molecular flexibility index (Phi) is 6.68. The Hall–Kier alpha value is -1.34. The standard InChI is InChI=1S/C18H32N2O5/c1-18(2,3)25-17(22)20-10-13(19)9-14(20)11-24-15-7-5-12(6-8-15)16(21)23-4/h12-15H,5-11,19H2,1-4H3/t12-,13-,14-,15-/m0/s1. The van der Waals surface area contributed by atoms with Gasteiger partial charge in [-0.15, -0.1) is 0 Å². The summed E-state index contributed by atoms with van der Waals surface area (Å²) in [6.45, 7) is 6.52. The number of ether oxygens (including phenoxy) is 3. The fourth-order valence-electron chi connectivity index (χ4n) is 3.53. The summed E-state index contributed by atoms with van der Waals surface area (Å²) in [5, 5.41) is 0. The van der Waals surface area contributed by atoms with Crippen LogP contribution in [0.25, 0.3) is 0 Å². The Bertz CT molecular complexity index is 469. The number of methoxy groups -OCH3 is 1. The molecule has 0 spiro atoms. The molecule has 1 heterocycles. The summed E-state index contributed by atoms with van der Waals surface area (Å²) in [7, 11) is 1.43. The van der Waals surface area contributed by atoms with Crippen LogP contribution in [0.1, 0.15) is 52.9 Å². The number of likely N-dealkylation sites (tertiary alicyclic amines) is 1. The zero-order valence-electron chi connectivity index (χ0n) is 15.8. The van der Waals surface area contributed by atoms with E-state index >= 15 is 0 Å². The number of carbonyl (C=O) groups excluding carboxylic acids is 2. The van der Waals surface area contributed by atoms with Crippen LogP contribution in [0.2, 0.25) is 0 Å². The molecule has 0 unspecified atom stereocenters. The van der Waals surface area contributed by atoms with E-state index in [1.807, 2.05) is 20.8 Å². The zero-order valence-corrected chi connectivity index (χ0v) is 15.8. The highest BCUT2D eigenvalue weighted by Gasteiger charge is 2.37. The first-order chi connectivity index (χ1) is 11.7. The number of rotatable bonds is 4. The smallest absolute Gasteiger partial charge is 0.410 e. The quantitative estimate of drug-likeness (QED) is 0.776. The van der Waals surface area contributed by atoms with Crippen molar-refractivity contribution < 1.29 is 23.8 Å². The van der Waals surface area contributed by atoms with Crippen LogP contribution in [0.4, 0.5) is 4.79 Å². The molecule has 0 aromatic heterocycles. The second-order valence-electron chi connectivity index (χ2n) is 8.11. The number of carbonyl (C=O) groups is 2. The van der Waals surface area contributed by atoms with Crippen molar-refractivity contribution in [1.82, 2.24) is 4.90 Å². The maximum absolute atomic E-state index is 12.4. The van der Waals surface area contributed by atoms with Gasteiger partial charge in [-0.25, -0.2) is 4.79 Å². The van der Waals surface area contributed by atoms with Gasteiger partial charge in [-0.2, -0.15) is 0 Å². The first-order valence-corrected chi connectivity index (χ1v) is 9.14. The average molecular weight is 356 g/mol. The minimum absolute atomic E-state index is 0.0111. The van der Waals surface area contributed by atoms with E-state index in [1.165, 1.54) is 7.11 Å². The molecule has 2 fully saturated rings. The van der Waals surface area contributed by atoms with Gasteiger partial charge in [0.2, 0.25) is 0 Å². The Morgan fingerprint density at radius 1 is 1.16 bits per heavy atom. The lowest BCUT2D eigenvalue weighted by Gasteiger charge is -2.31. The van der Waals surface area contributed by atoms with Gasteiger partial charge in [0.1, 0.15) is 5.60 Å². The molecule has 1 aliphatic heterocycles. The second kappa shape index (κ2) is 8.36. The third kappa shape index (κ3) is 5.85. The van der Waals surface area contributed by atoms with Crippen LogP contribution in [0.5, 0.6) is 0 Å². The summed E-state index contributed by atoms with van der Waals surface area (Å²) in [5.74, 6) is -0.140. The van der Waals surface area contributed by atoms with E-state index in [-0.39, 0.29) is 36.2 Å². The topological polar surface area (TPSA) is 91.1 Å². The van der Waals surface area contributed by atoms with Gasteiger partial charge >= 0.3 is 12.1 Å². The van der Waals surface area contributed by atoms with Crippen LogP contribution in [-0.2, 0) is 19.0 Å². The molecular formula is C18H32N2O5. The monoisotopic (exact) mass is 356 g/mol. The maximum atomic E-state index is 12.4. The van der Waals surface area contributed by atoms with Crippen LogP contribution in [-0.4, -0.2) is 61.0 Å². The molecule has 144 valence electrons. The second-order valence-corrected chi connectivity index (χ2v) is 8.11. The zero-order chi connectivity index (χ0) is 18.6. The fourth-order valence-corrected chi connectivity index (χ4v) is 3.53. The van der Waals surface area contributed by atoms with Crippen molar-refractivity contribution >= 4 is 12.1 Å². The molecule has 1 amide bonds. The first-order valence-electron chi connectivity index (χ1n) is 9.14. The van der Waals surface area contributed by atoms with E-state index in [9.17, 15) is 9.59 Å². The molecule has 2 aliphatic rings. The molecule has 25 heavy (non-hydrogen) atoms. The fraction of sp³-hybridized carbons (Fsp3) is 0.889. The minimum atomic E-state index is -0.526. The molecule has 2 rings (SSSR count). The van der Waals surface area contributed by atoms with E-state index in [0.717, 1.165) is 32.1 Å². The highest BCUT2D eigenvalue weighted by atomic mass is 16.6. The van der Waals surface area contributed by atoms with Gasteiger partial charge in [-0.3, -0.25) is 4.79 Å². The summed E-state index contributed by atoms with van der Waals surface area (Å²) >= 11 is 0. The largest absolute Gasteiger partial charge is 0.469 e. The number of hydrogen-bond donors (Lipinski definition) is 1. The third-order valence-electron chi connectivity index (χ3n) is 4.81. The number of hydrogen-bond acceptors (Lipinski definition) is 6. The lowest BCUT2D eigenvalue weighted by Crippen LogP contribution is -2.43. The predicted molar refractivity (Wildman–Crippen MR) is 93.0 cm³/mol. The maximum Gasteiger partial charge on any atom is 0.410 e. The third-order valence-corrected chi connectivity index (χ3v) is 4.81. The number of nitrogens with zero attached hydrogens (tertiary/aromatic N) is 1. The lowest BCUT2D eigenvalue weighted by atomic mass is 9.87. The average Bonchev–Trinajstić information content (AvgIpc) is 2.92. The Balaban J connectivity index is 1.81. The molecule has 0 bridgehead atoms. The van der Waals surface area contributed by atoms with E-state index in [2.05, 4.69) is 0 Å². The van der Waals surface area contributed by atoms with Gasteiger partial charge in [0.05, 0.1) is 31.8 Å². The van der Waals surface area contributed by atoms with Gasteiger partial charge in [0, 0.05) is 12.6 Å². The van der Waals surface area contributed by atoms with Crippen molar-refractivity contribution in [3.8, 4) is 0 Å². The van der Waals surface area contributed by atoms with Crippen LogP contribution in [0.3, 0.4) is 0 Å². The molecule has 0 aromatic carbocycles. The summed E-state index contributed by atoms with van der Waals surface area (Å²) in [4.78, 5) is 25.6. The van der Waals surface area contributed by atoms with Crippen LogP contribution in [0, 0.1) is 5.92 Å². The molecule has 1 aliphatic carbocycles. The summed E-state index contributed by atoms with van der Waals surface area (Å²) in [6.07, 6.45) is 3.77. The highest BCUT2D eigenvalue weighted by molar-refractivity contribution is 5.72. The van der Waals surface area contributed by atoms with Crippen LogP contribution >= 0.6 is 0 Å². The molecule has 0 aromatic rings. The SMILES string of the molecule is COC(=O)[C@H]1CC[C@H](OC[C@@H]2C[C@H](N)CN2C(=O)OC(C)(C)C)CC1. The van der Waals surface area contributed by atoms with Crippen molar-refractivity contribution in [3.63, 3.8) is 0 Å². The Morgan fingerprint density at radius 2 is 1.80 bits per heavy atom. The molecule has 1 saturated carbocycles. The number of amides is 1. The van der Waals surface area contributed by atoms with Crippen molar-refractivity contribution in [1.29, 1.82) is 0 Å². The van der Waals surface area contributed by atoms with Crippen LogP contribution in [0.15, 0.2) is 0 Å². The van der Waals surface area contributed by atoms with E-state index in [1.54, 1.807) is 4.90 Å². The van der Waals surface area contributed by atoms with Crippen molar-refractivity contribution in [2.75, 3.05) is 20.3 Å². The number of nitrogens with two attached hydrogens (primary N) is 1. The summed E-state index contributed by atoms with van der Waals surface area (Å²) < 4.78 is 16.3. The molecule has 1 saturated heterocycles. The molecule has 2 N–H and O–H groups in total. The minimum Gasteiger partial charge on any atom is -0.469 e. The van der Waals surface area contributed by atoms with Gasteiger partial charge in [0.15, 0.2) is 0 Å². The molecule has 7 heteroatoms.